The van der Waals surface area contributed by atoms with Gasteiger partial charge in [-0.2, -0.15) is 9.90 Å². The summed E-state index contributed by atoms with van der Waals surface area (Å²) in [7, 11) is 2.11. The fourth-order valence-electron chi connectivity index (χ4n) is 4.53. The Morgan fingerprint density at radius 2 is 1.77 bits per heavy atom. The second-order valence-corrected chi connectivity index (χ2v) is 8.30. The number of para-hydroxylation sites is 3. The summed E-state index contributed by atoms with van der Waals surface area (Å²) in [4.78, 5) is 18.9. The van der Waals surface area contributed by atoms with Crippen LogP contribution < -0.4 is 5.32 Å². The minimum atomic E-state index is -0.167. The largest absolute Gasteiger partial charge is 0.350 e. The van der Waals surface area contributed by atoms with E-state index in [1.807, 2.05) is 36.4 Å². The van der Waals surface area contributed by atoms with Gasteiger partial charge < -0.3 is 9.88 Å². The molecule has 31 heavy (non-hydrogen) atoms. The number of nitrogens with zero attached hydrogens (tertiary/aromatic N) is 5. The Balaban J connectivity index is 1.15. The third kappa shape index (κ3) is 3.95. The molecule has 0 atom stereocenters. The van der Waals surface area contributed by atoms with Crippen LogP contribution in [0, 0.1) is 5.92 Å². The van der Waals surface area contributed by atoms with Crippen LogP contribution in [0.3, 0.4) is 0 Å². The molecule has 0 unspecified atom stereocenters. The van der Waals surface area contributed by atoms with Crippen molar-refractivity contribution in [2.75, 3.05) is 6.54 Å². The molecule has 1 aliphatic rings. The van der Waals surface area contributed by atoms with Crippen LogP contribution in [0.15, 0.2) is 60.8 Å². The summed E-state index contributed by atoms with van der Waals surface area (Å²) in [6.45, 7) is 0.673. The predicted octanol–water partition coefficient (Wildman–Crippen LogP) is 3.86. The zero-order chi connectivity index (χ0) is 21.2. The van der Waals surface area contributed by atoms with Crippen molar-refractivity contribution in [1.82, 2.24) is 29.9 Å². The molecular weight excluding hydrogens is 388 g/mol. The summed E-state index contributed by atoms with van der Waals surface area (Å²) in [6, 6.07) is 17.9. The number of nitrogens with one attached hydrogen (secondary N) is 1. The Morgan fingerprint density at radius 3 is 2.55 bits per heavy atom. The van der Waals surface area contributed by atoms with Crippen molar-refractivity contribution in [3.8, 4) is 5.69 Å². The van der Waals surface area contributed by atoms with Crippen LogP contribution >= 0.6 is 0 Å². The van der Waals surface area contributed by atoms with Crippen LogP contribution in [0.2, 0.25) is 0 Å². The lowest BCUT2D eigenvalue weighted by Crippen LogP contribution is -2.31. The summed E-state index contributed by atoms with van der Waals surface area (Å²) in [5, 5.41) is 11.6. The monoisotopic (exact) mass is 414 g/mol. The maximum absolute atomic E-state index is 12.5. The highest BCUT2D eigenvalue weighted by molar-refractivity contribution is 5.91. The van der Waals surface area contributed by atoms with Gasteiger partial charge in [-0.3, -0.25) is 4.79 Å². The smallest absolute Gasteiger partial charge is 0.273 e. The third-order valence-corrected chi connectivity index (χ3v) is 6.30. The van der Waals surface area contributed by atoms with Gasteiger partial charge in [-0.15, -0.1) is 5.10 Å². The van der Waals surface area contributed by atoms with Gasteiger partial charge >= 0.3 is 0 Å². The van der Waals surface area contributed by atoms with E-state index in [1.165, 1.54) is 22.3 Å². The lowest BCUT2D eigenvalue weighted by Gasteiger charge is -2.28. The van der Waals surface area contributed by atoms with E-state index in [4.69, 9.17) is 4.98 Å². The Kier molecular flexibility index (Phi) is 5.24. The molecule has 1 amide bonds. The van der Waals surface area contributed by atoms with Gasteiger partial charge in [-0.05, 0) is 55.9 Å². The van der Waals surface area contributed by atoms with Crippen molar-refractivity contribution in [3.63, 3.8) is 0 Å². The van der Waals surface area contributed by atoms with Crippen molar-refractivity contribution in [3.05, 3.63) is 72.3 Å². The highest BCUT2D eigenvalue weighted by atomic mass is 16.2. The molecule has 7 nitrogen and oxygen atoms in total. The molecule has 4 aromatic rings. The molecule has 1 aliphatic carbocycles. The van der Waals surface area contributed by atoms with E-state index in [-0.39, 0.29) is 5.91 Å². The minimum Gasteiger partial charge on any atom is -0.350 e. The van der Waals surface area contributed by atoms with E-state index in [9.17, 15) is 4.79 Å². The minimum absolute atomic E-state index is 0.167. The Morgan fingerprint density at radius 1 is 1.03 bits per heavy atom. The van der Waals surface area contributed by atoms with Crippen LogP contribution in [0.1, 0.15) is 47.9 Å². The summed E-state index contributed by atoms with van der Waals surface area (Å²) in [5.74, 6) is 1.98. The zero-order valence-corrected chi connectivity index (χ0v) is 17.6. The Labute approximate surface area is 181 Å². The number of imidazole rings is 1. The molecule has 2 heterocycles. The molecule has 2 aromatic heterocycles. The van der Waals surface area contributed by atoms with Gasteiger partial charge in [0, 0.05) is 19.5 Å². The van der Waals surface area contributed by atoms with E-state index in [0.29, 0.717) is 24.1 Å². The molecule has 158 valence electrons. The van der Waals surface area contributed by atoms with Crippen molar-refractivity contribution in [1.29, 1.82) is 0 Å². The molecule has 0 saturated heterocycles. The lowest BCUT2D eigenvalue weighted by molar-refractivity contribution is 0.0937. The first-order chi connectivity index (χ1) is 15.2. The van der Waals surface area contributed by atoms with Gasteiger partial charge in [0.05, 0.1) is 22.9 Å². The number of amides is 1. The molecule has 0 bridgehead atoms. The summed E-state index contributed by atoms with van der Waals surface area (Å²) in [6.07, 6.45) is 5.89. The van der Waals surface area contributed by atoms with Gasteiger partial charge in [-0.25, -0.2) is 4.98 Å². The predicted molar refractivity (Wildman–Crippen MR) is 119 cm³/mol. The number of fused-ring (bicyclic) bond motifs is 1. The molecule has 1 fully saturated rings. The van der Waals surface area contributed by atoms with Gasteiger partial charge in [0.15, 0.2) is 5.69 Å². The topological polar surface area (TPSA) is 77.6 Å². The zero-order valence-electron chi connectivity index (χ0n) is 17.6. The van der Waals surface area contributed by atoms with Crippen molar-refractivity contribution < 1.29 is 4.79 Å². The van der Waals surface area contributed by atoms with E-state index >= 15 is 0 Å². The molecule has 1 N–H and O–H groups in total. The number of rotatable bonds is 5. The number of carbonyl (C=O) groups excluding carboxylic acids is 1. The SMILES string of the molecule is Cn1c(C2CCC(CNC(=O)c3cnn(-c4ccccc4)n3)CC2)nc2ccccc21. The fraction of sp³-hybridized carbons (Fsp3) is 0.333. The Bertz CT molecular complexity index is 1190. The van der Waals surface area contributed by atoms with Gasteiger partial charge in [0.2, 0.25) is 0 Å². The molecular formula is C24H26N6O. The van der Waals surface area contributed by atoms with Gasteiger partial charge in [0.1, 0.15) is 5.82 Å². The van der Waals surface area contributed by atoms with E-state index < -0.39 is 0 Å². The van der Waals surface area contributed by atoms with Crippen molar-refractivity contribution in [2.24, 2.45) is 13.0 Å². The third-order valence-electron chi connectivity index (χ3n) is 6.30. The maximum Gasteiger partial charge on any atom is 0.273 e. The van der Waals surface area contributed by atoms with Gasteiger partial charge in [0.25, 0.3) is 5.91 Å². The van der Waals surface area contributed by atoms with Crippen LogP contribution in [0.4, 0.5) is 0 Å². The van der Waals surface area contributed by atoms with Crippen LogP contribution in [-0.2, 0) is 7.05 Å². The first-order valence-corrected chi connectivity index (χ1v) is 10.9. The van der Waals surface area contributed by atoms with E-state index in [0.717, 1.165) is 36.9 Å². The summed E-state index contributed by atoms with van der Waals surface area (Å²) < 4.78 is 2.23. The summed E-state index contributed by atoms with van der Waals surface area (Å²) >= 11 is 0. The second kappa shape index (κ2) is 8.34. The van der Waals surface area contributed by atoms with Gasteiger partial charge in [-0.1, -0.05) is 30.3 Å². The average molecular weight is 415 g/mol. The van der Waals surface area contributed by atoms with Crippen molar-refractivity contribution in [2.45, 2.75) is 31.6 Å². The Hall–Kier alpha value is -3.48. The quantitative estimate of drug-likeness (QED) is 0.538. The average Bonchev–Trinajstić information content (AvgIpc) is 3.44. The molecule has 2 aromatic carbocycles. The molecule has 1 saturated carbocycles. The molecule has 7 heteroatoms. The van der Waals surface area contributed by atoms with Crippen molar-refractivity contribution >= 4 is 16.9 Å². The van der Waals surface area contributed by atoms with Crippen LogP contribution in [0.5, 0.6) is 0 Å². The van der Waals surface area contributed by atoms with E-state index in [1.54, 1.807) is 0 Å². The highest BCUT2D eigenvalue weighted by Gasteiger charge is 2.26. The number of aryl methyl sites for hydroxylation is 1. The number of benzene rings is 2. The number of hydrogen-bond acceptors (Lipinski definition) is 4. The molecule has 0 radical (unpaired) electrons. The van der Waals surface area contributed by atoms with E-state index in [2.05, 4.69) is 45.3 Å². The number of hydrogen-bond donors (Lipinski definition) is 1. The molecule has 0 spiro atoms. The lowest BCUT2D eigenvalue weighted by atomic mass is 9.81. The normalized spacial score (nSPS) is 18.9. The first-order valence-electron chi connectivity index (χ1n) is 10.9. The highest BCUT2D eigenvalue weighted by Crippen LogP contribution is 2.36. The standard InChI is InChI=1S/C24H26N6O/c1-29-22-10-6-5-9-20(22)27-23(29)18-13-11-17(12-14-18)15-25-24(31)21-16-26-30(28-21)19-7-3-2-4-8-19/h2-10,16-18H,11-15H2,1H3,(H,25,31). The maximum atomic E-state index is 12.5. The second-order valence-electron chi connectivity index (χ2n) is 8.30. The first kappa shape index (κ1) is 19.5. The summed E-state index contributed by atoms with van der Waals surface area (Å²) in [5.41, 5.74) is 3.44. The molecule has 0 aliphatic heterocycles. The fourth-order valence-corrected chi connectivity index (χ4v) is 4.53. The number of aromatic nitrogens is 5. The van der Waals surface area contributed by atoms with Crippen LogP contribution in [0.25, 0.3) is 16.7 Å². The number of carbonyl (C=O) groups is 1. The molecule has 5 rings (SSSR count). The van der Waals surface area contributed by atoms with Crippen LogP contribution in [-0.4, -0.2) is 37.0 Å².